The van der Waals surface area contributed by atoms with E-state index in [1.807, 2.05) is 45.9 Å². The minimum absolute atomic E-state index is 0.0977. The van der Waals surface area contributed by atoms with Crippen LogP contribution in [0.2, 0.25) is 0 Å². The molecule has 2 unspecified atom stereocenters. The fourth-order valence-corrected chi connectivity index (χ4v) is 2.63. The maximum absolute atomic E-state index is 12.2. The van der Waals surface area contributed by atoms with E-state index in [-0.39, 0.29) is 22.9 Å². The van der Waals surface area contributed by atoms with Gasteiger partial charge in [-0.15, -0.1) is 11.8 Å². The van der Waals surface area contributed by atoms with Crippen molar-refractivity contribution in [2.75, 3.05) is 6.61 Å². The van der Waals surface area contributed by atoms with Gasteiger partial charge in [0.05, 0.1) is 11.9 Å². The maximum atomic E-state index is 12.2. The molecule has 0 saturated carbocycles. The van der Waals surface area contributed by atoms with Crippen LogP contribution < -0.4 is 0 Å². The van der Waals surface area contributed by atoms with Gasteiger partial charge < -0.3 is 5.11 Å². The molecule has 0 aromatic heterocycles. The topological polar surface area (TPSA) is 37.3 Å². The Kier molecular flexibility index (Phi) is 5.22. The third-order valence-electron chi connectivity index (χ3n) is 2.85. The van der Waals surface area contributed by atoms with E-state index in [4.69, 9.17) is 5.11 Å². The van der Waals surface area contributed by atoms with Gasteiger partial charge >= 0.3 is 0 Å². The van der Waals surface area contributed by atoms with E-state index >= 15 is 0 Å². The molecule has 2 nitrogen and oxygen atoms in total. The van der Waals surface area contributed by atoms with Crippen molar-refractivity contribution < 1.29 is 9.90 Å². The summed E-state index contributed by atoms with van der Waals surface area (Å²) in [6.07, 6.45) is 0. The molecule has 3 heteroatoms. The first kappa shape index (κ1) is 14.3. The van der Waals surface area contributed by atoms with Gasteiger partial charge in [0, 0.05) is 10.8 Å². The number of carbonyl (C=O) groups excluding carboxylic acids is 1. The Morgan fingerprint density at radius 2 is 1.94 bits per heavy atom. The Balaban J connectivity index is 2.78. The number of thioether (sulfide) groups is 1. The Morgan fingerprint density at radius 1 is 1.29 bits per heavy atom. The molecule has 94 valence electrons. The number of benzene rings is 1. The highest BCUT2D eigenvalue weighted by atomic mass is 32.2. The first-order valence-corrected chi connectivity index (χ1v) is 6.77. The molecular weight excluding hydrogens is 232 g/mol. The van der Waals surface area contributed by atoms with Gasteiger partial charge in [0.15, 0.2) is 5.78 Å². The lowest BCUT2D eigenvalue weighted by Gasteiger charge is -2.14. The van der Waals surface area contributed by atoms with Crippen molar-refractivity contribution in [1.82, 2.24) is 0 Å². The summed E-state index contributed by atoms with van der Waals surface area (Å²) in [6.45, 7) is 7.98. The molecule has 0 amide bonds. The Bertz CT molecular complexity index is 401. The molecule has 0 saturated heterocycles. The molecule has 1 aromatic carbocycles. The highest BCUT2D eigenvalue weighted by Crippen LogP contribution is 2.22. The molecule has 0 aliphatic heterocycles. The van der Waals surface area contributed by atoms with Crippen LogP contribution in [-0.2, 0) is 0 Å². The predicted octanol–water partition coefficient (Wildman–Crippen LogP) is 2.99. The summed E-state index contributed by atoms with van der Waals surface area (Å²) in [5.74, 6) is 0.137. The average molecular weight is 252 g/mol. The van der Waals surface area contributed by atoms with E-state index < -0.39 is 0 Å². The summed E-state index contributed by atoms with van der Waals surface area (Å²) in [5.41, 5.74) is 3.10. The largest absolute Gasteiger partial charge is 0.395 e. The monoisotopic (exact) mass is 252 g/mol. The zero-order valence-electron chi connectivity index (χ0n) is 10.9. The second kappa shape index (κ2) is 6.22. The Hall–Kier alpha value is -0.800. The average Bonchev–Trinajstić information content (AvgIpc) is 2.31. The van der Waals surface area contributed by atoms with Gasteiger partial charge in [-0.05, 0) is 38.0 Å². The van der Waals surface area contributed by atoms with Crippen molar-refractivity contribution in [2.24, 2.45) is 0 Å². The predicted molar refractivity (Wildman–Crippen MR) is 73.8 cm³/mol. The Labute approximate surface area is 107 Å². The summed E-state index contributed by atoms with van der Waals surface area (Å²) in [7, 11) is 0. The highest BCUT2D eigenvalue weighted by Gasteiger charge is 2.18. The maximum Gasteiger partial charge on any atom is 0.175 e. The molecule has 0 heterocycles. The van der Waals surface area contributed by atoms with Crippen molar-refractivity contribution in [1.29, 1.82) is 0 Å². The van der Waals surface area contributed by atoms with E-state index in [1.165, 1.54) is 17.3 Å². The molecule has 1 aromatic rings. The summed E-state index contributed by atoms with van der Waals surface area (Å²) in [5, 5.41) is 8.97. The van der Waals surface area contributed by atoms with E-state index in [2.05, 4.69) is 0 Å². The number of carbonyl (C=O) groups is 1. The summed E-state index contributed by atoms with van der Waals surface area (Å²) in [4.78, 5) is 12.2. The summed E-state index contributed by atoms with van der Waals surface area (Å²) < 4.78 is 0. The molecule has 0 radical (unpaired) electrons. The van der Waals surface area contributed by atoms with E-state index in [0.29, 0.717) is 0 Å². The van der Waals surface area contributed by atoms with Crippen LogP contribution in [0, 0.1) is 13.8 Å². The fourth-order valence-electron chi connectivity index (χ4n) is 1.58. The van der Waals surface area contributed by atoms with Crippen molar-refractivity contribution in [3.63, 3.8) is 0 Å². The van der Waals surface area contributed by atoms with Crippen LogP contribution >= 0.6 is 11.8 Å². The van der Waals surface area contributed by atoms with Gasteiger partial charge in [-0.3, -0.25) is 4.79 Å². The van der Waals surface area contributed by atoms with E-state index in [1.54, 1.807) is 0 Å². The molecule has 1 rings (SSSR count). The van der Waals surface area contributed by atoms with Crippen LogP contribution in [0.5, 0.6) is 0 Å². The molecular formula is C14H20O2S. The van der Waals surface area contributed by atoms with Gasteiger partial charge in [-0.1, -0.05) is 19.1 Å². The zero-order chi connectivity index (χ0) is 13.0. The number of hydrogen-bond acceptors (Lipinski definition) is 3. The second-order valence-corrected chi connectivity index (χ2v) is 6.22. The van der Waals surface area contributed by atoms with Crippen LogP contribution in [0.4, 0.5) is 0 Å². The lowest BCUT2D eigenvalue weighted by atomic mass is 10.0. The van der Waals surface area contributed by atoms with Gasteiger partial charge in [0.1, 0.15) is 0 Å². The third kappa shape index (κ3) is 3.86. The summed E-state index contributed by atoms with van der Waals surface area (Å²) >= 11 is 1.51. The van der Waals surface area contributed by atoms with E-state index in [9.17, 15) is 4.79 Å². The molecule has 17 heavy (non-hydrogen) atoms. The second-order valence-electron chi connectivity index (χ2n) is 4.43. The lowest BCUT2D eigenvalue weighted by Crippen LogP contribution is -2.18. The van der Waals surface area contributed by atoms with Gasteiger partial charge in [-0.25, -0.2) is 0 Å². The fraction of sp³-hybridized carbons (Fsp3) is 0.500. The number of hydrogen-bond donors (Lipinski definition) is 1. The lowest BCUT2D eigenvalue weighted by molar-refractivity contribution is 0.0993. The van der Waals surface area contributed by atoms with Gasteiger partial charge in [0.2, 0.25) is 0 Å². The first-order chi connectivity index (χ1) is 7.95. The summed E-state index contributed by atoms with van der Waals surface area (Å²) in [6, 6.07) is 5.80. The molecule has 0 aliphatic rings. The highest BCUT2D eigenvalue weighted by molar-refractivity contribution is 8.01. The molecule has 0 spiro atoms. The quantitative estimate of drug-likeness (QED) is 0.819. The van der Waals surface area contributed by atoms with Crippen molar-refractivity contribution in [3.8, 4) is 0 Å². The van der Waals surface area contributed by atoms with Crippen LogP contribution in [-0.4, -0.2) is 28.0 Å². The van der Waals surface area contributed by atoms with Crippen molar-refractivity contribution in [3.05, 3.63) is 34.9 Å². The molecule has 2 atom stereocenters. The molecule has 0 fully saturated rings. The Morgan fingerprint density at radius 3 is 2.47 bits per heavy atom. The zero-order valence-corrected chi connectivity index (χ0v) is 11.7. The normalized spacial score (nSPS) is 14.4. The standard InChI is InChI=1S/C14H20O2S/c1-9-5-6-13(7-10(9)2)14(16)12(4)17-11(3)8-15/h5-7,11-12,15H,8H2,1-4H3. The van der Waals surface area contributed by atoms with Gasteiger partial charge in [0.25, 0.3) is 0 Å². The third-order valence-corrected chi connectivity index (χ3v) is 4.09. The number of ketones is 1. The number of aliphatic hydroxyl groups is 1. The van der Waals surface area contributed by atoms with E-state index in [0.717, 1.165) is 11.1 Å². The molecule has 0 bridgehead atoms. The SMILES string of the molecule is Cc1ccc(C(=O)C(C)SC(C)CO)cc1C. The van der Waals surface area contributed by atoms with Crippen LogP contribution in [0.25, 0.3) is 0 Å². The van der Waals surface area contributed by atoms with Crippen LogP contribution in [0.15, 0.2) is 18.2 Å². The number of Topliss-reactive ketones (excluding diaryl/α,β-unsaturated/α-hetero) is 1. The molecule has 0 aliphatic carbocycles. The van der Waals surface area contributed by atoms with Crippen molar-refractivity contribution >= 4 is 17.5 Å². The number of rotatable bonds is 5. The smallest absolute Gasteiger partial charge is 0.175 e. The minimum atomic E-state index is -0.112. The number of aryl methyl sites for hydroxylation is 2. The minimum Gasteiger partial charge on any atom is -0.395 e. The molecule has 1 N–H and O–H groups in total. The van der Waals surface area contributed by atoms with Crippen LogP contribution in [0.1, 0.15) is 35.3 Å². The number of aliphatic hydroxyl groups excluding tert-OH is 1. The van der Waals surface area contributed by atoms with Crippen LogP contribution in [0.3, 0.4) is 0 Å². The van der Waals surface area contributed by atoms with Gasteiger partial charge in [-0.2, -0.15) is 0 Å². The van der Waals surface area contributed by atoms with Crippen molar-refractivity contribution in [2.45, 2.75) is 38.2 Å². The first-order valence-electron chi connectivity index (χ1n) is 5.83.